The van der Waals surface area contributed by atoms with Crippen LogP contribution < -0.4 is 0 Å². The van der Waals surface area contributed by atoms with E-state index in [1.165, 1.54) is 0 Å². The Hall–Kier alpha value is 0.310. The second-order valence-electron chi connectivity index (χ2n) is 1.98. The summed E-state index contributed by atoms with van der Waals surface area (Å²) < 4.78 is 5.22. The fourth-order valence-corrected chi connectivity index (χ4v) is 0.496. The molecule has 0 aliphatic carbocycles. The molecule has 0 rings (SSSR count). The molecule has 0 aliphatic heterocycles. The van der Waals surface area contributed by atoms with Crippen LogP contribution >= 0.6 is 12.6 Å². The Morgan fingerprint density at radius 3 is 2.50 bits per heavy atom. The van der Waals surface area contributed by atoms with E-state index in [2.05, 4.69) is 0 Å². The molecule has 8 heavy (non-hydrogen) atoms. The van der Waals surface area contributed by atoms with Crippen LogP contribution in [0.25, 0.3) is 0 Å². The quantitative estimate of drug-likeness (QED) is 0.533. The van der Waals surface area contributed by atoms with E-state index in [9.17, 15) is 0 Å². The average molecular weight is 133 g/mol. The third-order valence-electron chi connectivity index (χ3n) is 0.740. The number of hydrogen-bond acceptors (Lipinski definition) is 1. The van der Waals surface area contributed by atoms with E-state index in [0.717, 1.165) is 18.8 Å². The van der Waals surface area contributed by atoms with Gasteiger partial charge in [-0.05, 0) is 20.3 Å². The van der Waals surface area contributed by atoms with Crippen LogP contribution in [-0.4, -0.2) is 18.5 Å². The summed E-state index contributed by atoms with van der Waals surface area (Å²) in [7, 11) is 0. The van der Waals surface area contributed by atoms with Crippen LogP contribution in [-0.2, 0) is 4.74 Å². The van der Waals surface area contributed by atoms with Gasteiger partial charge < -0.3 is 4.74 Å². The molecule has 0 saturated heterocycles. The molecule has 0 amide bonds. The summed E-state index contributed by atoms with van der Waals surface area (Å²) in [6, 6.07) is 0. The topological polar surface area (TPSA) is 9.23 Å². The van der Waals surface area contributed by atoms with Crippen molar-refractivity contribution >= 4 is 12.6 Å². The zero-order valence-electron chi connectivity index (χ0n) is 5.52. The lowest BCUT2D eigenvalue weighted by atomic mass is 10.4. The molecule has 0 aromatic carbocycles. The molecule has 0 heterocycles. The van der Waals surface area contributed by atoms with Gasteiger partial charge in [0.05, 0.1) is 6.10 Å². The van der Waals surface area contributed by atoms with Crippen molar-refractivity contribution in [3.63, 3.8) is 0 Å². The van der Waals surface area contributed by atoms with E-state index in [1.807, 2.05) is 13.8 Å². The summed E-state index contributed by atoms with van der Waals surface area (Å²) in [5.41, 5.74) is 0. The Kier molecular flexibility index (Phi) is 5.66. The summed E-state index contributed by atoms with van der Waals surface area (Å²) in [5, 5.41) is 0. The zero-order chi connectivity index (χ0) is 6.41. The van der Waals surface area contributed by atoms with Crippen molar-refractivity contribution in [3.05, 3.63) is 0 Å². The van der Waals surface area contributed by atoms with Crippen LogP contribution in [0.4, 0.5) is 0 Å². The second kappa shape index (κ2) is 5.45. The maximum Gasteiger partial charge on any atom is 0.0518 e. The number of rotatable bonds is 4. The van der Waals surface area contributed by atoms with Crippen molar-refractivity contribution in [2.75, 3.05) is 12.4 Å². The first-order chi connectivity index (χ1) is 3.77. The SMILES string of the molecule is CC(C)OCCC[S]. The summed E-state index contributed by atoms with van der Waals surface area (Å²) >= 11 is 4.72. The molecule has 1 nitrogen and oxygen atoms in total. The molecule has 1 radical (unpaired) electrons. The van der Waals surface area contributed by atoms with Gasteiger partial charge in [0.2, 0.25) is 0 Å². The van der Waals surface area contributed by atoms with Gasteiger partial charge >= 0.3 is 0 Å². The minimum atomic E-state index is 0.358. The van der Waals surface area contributed by atoms with Gasteiger partial charge in [0, 0.05) is 12.4 Å². The Labute approximate surface area is 56.8 Å². The van der Waals surface area contributed by atoms with Gasteiger partial charge in [0.25, 0.3) is 0 Å². The summed E-state index contributed by atoms with van der Waals surface area (Å²) in [6.07, 6.45) is 1.37. The predicted molar refractivity (Wildman–Crippen MR) is 38.2 cm³/mol. The molecule has 0 aliphatic rings. The summed E-state index contributed by atoms with van der Waals surface area (Å²) in [6.45, 7) is 4.88. The van der Waals surface area contributed by atoms with Gasteiger partial charge in [-0.2, -0.15) is 0 Å². The Morgan fingerprint density at radius 2 is 2.12 bits per heavy atom. The third-order valence-corrected chi connectivity index (χ3v) is 1.03. The van der Waals surface area contributed by atoms with Gasteiger partial charge in [-0.15, -0.1) is 0 Å². The Balaban J connectivity index is 2.72. The monoisotopic (exact) mass is 133 g/mol. The van der Waals surface area contributed by atoms with Crippen molar-refractivity contribution in [1.82, 2.24) is 0 Å². The molecule has 0 bridgehead atoms. The van der Waals surface area contributed by atoms with Crippen LogP contribution in [0.15, 0.2) is 0 Å². The van der Waals surface area contributed by atoms with E-state index < -0.39 is 0 Å². The van der Waals surface area contributed by atoms with E-state index in [4.69, 9.17) is 17.4 Å². The van der Waals surface area contributed by atoms with Crippen LogP contribution in [0.2, 0.25) is 0 Å². The Bertz CT molecular complexity index is 45.8. The molecule has 0 aromatic heterocycles. The van der Waals surface area contributed by atoms with Crippen molar-refractivity contribution < 1.29 is 4.74 Å². The van der Waals surface area contributed by atoms with Gasteiger partial charge in [0.1, 0.15) is 0 Å². The highest BCUT2D eigenvalue weighted by atomic mass is 32.1. The van der Waals surface area contributed by atoms with Crippen molar-refractivity contribution in [2.24, 2.45) is 0 Å². The van der Waals surface area contributed by atoms with Gasteiger partial charge in [-0.25, -0.2) is 0 Å². The molecule has 49 valence electrons. The molecule has 0 spiro atoms. The number of ether oxygens (including phenoxy) is 1. The van der Waals surface area contributed by atoms with Crippen LogP contribution in [0.5, 0.6) is 0 Å². The van der Waals surface area contributed by atoms with Gasteiger partial charge in [0.15, 0.2) is 0 Å². The molecule has 0 N–H and O–H groups in total. The van der Waals surface area contributed by atoms with E-state index in [1.54, 1.807) is 0 Å². The van der Waals surface area contributed by atoms with Crippen LogP contribution in [0.3, 0.4) is 0 Å². The second-order valence-corrected chi connectivity index (χ2v) is 2.39. The first-order valence-corrected chi connectivity index (χ1v) is 3.55. The van der Waals surface area contributed by atoms with E-state index >= 15 is 0 Å². The first-order valence-electron chi connectivity index (χ1n) is 2.97. The normalized spacial score (nSPS) is 10.5. The van der Waals surface area contributed by atoms with Gasteiger partial charge in [-0.3, -0.25) is 0 Å². The zero-order valence-corrected chi connectivity index (χ0v) is 6.33. The highest BCUT2D eigenvalue weighted by Crippen LogP contribution is 1.90. The molecular formula is C6H13OS. The van der Waals surface area contributed by atoms with Crippen molar-refractivity contribution in [1.29, 1.82) is 0 Å². The molecule has 0 unspecified atom stereocenters. The minimum Gasteiger partial charge on any atom is -0.379 e. The van der Waals surface area contributed by atoms with Crippen molar-refractivity contribution in [2.45, 2.75) is 26.4 Å². The summed E-state index contributed by atoms with van der Waals surface area (Å²) in [5.74, 6) is 0.812. The lowest BCUT2D eigenvalue weighted by Gasteiger charge is -2.04. The van der Waals surface area contributed by atoms with Gasteiger partial charge in [-0.1, -0.05) is 12.6 Å². The fourth-order valence-electron chi connectivity index (χ4n) is 0.378. The molecule has 0 saturated carbocycles. The average Bonchev–Trinajstić information content (AvgIpc) is 1.66. The van der Waals surface area contributed by atoms with Crippen LogP contribution in [0.1, 0.15) is 20.3 Å². The highest BCUT2D eigenvalue weighted by Gasteiger charge is 1.89. The smallest absolute Gasteiger partial charge is 0.0518 e. The predicted octanol–water partition coefficient (Wildman–Crippen LogP) is 2.00. The Morgan fingerprint density at radius 1 is 1.50 bits per heavy atom. The third kappa shape index (κ3) is 6.31. The number of hydrogen-bond donors (Lipinski definition) is 0. The molecule has 2 heteroatoms. The maximum atomic E-state index is 5.22. The lowest BCUT2D eigenvalue weighted by Crippen LogP contribution is -2.03. The molecule has 0 atom stereocenters. The highest BCUT2D eigenvalue weighted by molar-refractivity contribution is 7.80. The largest absolute Gasteiger partial charge is 0.379 e. The maximum absolute atomic E-state index is 5.22. The molecule has 0 aromatic rings. The van der Waals surface area contributed by atoms with Crippen molar-refractivity contribution in [3.8, 4) is 0 Å². The van der Waals surface area contributed by atoms with Crippen LogP contribution in [0, 0.1) is 0 Å². The standard InChI is InChI=1S/C6H13OS/c1-6(2)7-4-3-5-8/h6H,3-5H2,1-2H3. The minimum absolute atomic E-state index is 0.358. The first kappa shape index (κ1) is 8.31. The lowest BCUT2D eigenvalue weighted by molar-refractivity contribution is 0.0800. The van der Waals surface area contributed by atoms with E-state index in [0.29, 0.717) is 6.10 Å². The summed E-state index contributed by atoms with van der Waals surface area (Å²) in [4.78, 5) is 0. The van der Waals surface area contributed by atoms with E-state index in [-0.39, 0.29) is 0 Å². The molecular weight excluding hydrogens is 120 g/mol. The fraction of sp³-hybridized carbons (Fsp3) is 1.00. The molecule has 0 fully saturated rings.